The fourth-order valence-electron chi connectivity index (χ4n) is 2.24. The molecule has 0 radical (unpaired) electrons. The van der Waals surface area contributed by atoms with E-state index in [2.05, 4.69) is 5.32 Å². The van der Waals surface area contributed by atoms with Crippen molar-refractivity contribution in [2.75, 3.05) is 6.54 Å². The van der Waals surface area contributed by atoms with Crippen LogP contribution in [-0.2, 0) is 16.0 Å². The third-order valence-corrected chi connectivity index (χ3v) is 4.63. The van der Waals surface area contributed by atoms with Crippen LogP contribution in [0, 0.1) is 0 Å². The van der Waals surface area contributed by atoms with Crippen LogP contribution in [0.25, 0.3) is 6.08 Å². The summed E-state index contributed by atoms with van der Waals surface area (Å²) in [6.07, 6.45) is 3.73. The van der Waals surface area contributed by atoms with Crippen LogP contribution in [0.4, 0.5) is 0 Å². The highest BCUT2D eigenvalue weighted by atomic mass is 35.5. The SMILES string of the molecule is CC(C)(Oc1ccc(CCNC(=O)/C=C/c2ccc(Cl)c(Cl)c2)cc1)C(=O)O. The van der Waals surface area contributed by atoms with Crippen molar-refractivity contribution in [3.05, 3.63) is 69.7 Å². The molecule has 7 heteroatoms. The Hall–Kier alpha value is -2.50. The molecule has 0 aromatic heterocycles. The van der Waals surface area contributed by atoms with E-state index in [9.17, 15) is 9.59 Å². The molecule has 0 fully saturated rings. The number of carbonyl (C=O) groups is 2. The van der Waals surface area contributed by atoms with Gasteiger partial charge in [-0.25, -0.2) is 4.79 Å². The number of benzene rings is 2. The van der Waals surface area contributed by atoms with E-state index in [1.54, 1.807) is 36.4 Å². The number of nitrogens with one attached hydrogen (secondary N) is 1. The molecule has 2 aromatic rings. The van der Waals surface area contributed by atoms with Gasteiger partial charge in [0, 0.05) is 12.6 Å². The second-order valence-corrected chi connectivity index (χ2v) is 7.42. The van der Waals surface area contributed by atoms with Crippen molar-refractivity contribution in [1.29, 1.82) is 0 Å². The summed E-state index contributed by atoms with van der Waals surface area (Å²) < 4.78 is 5.45. The van der Waals surface area contributed by atoms with Crippen LogP contribution in [0.1, 0.15) is 25.0 Å². The van der Waals surface area contributed by atoms with Gasteiger partial charge in [-0.1, -0.05) is 41.4 Å². The number of halogens is 2. The van der Waals surface area contributed by atoms with Crippen molar-refractivity contribution in [1.82, 2.24) is 5.32 Å². The van der Waals surface area contributed by atoms with Gasteiger partial charge in [-0.3, -0.25) is 4.79 Å². The first-order valence-electron chi connectivity index (χ1n) is 8.60. The van der Waals surface area contributed by atoms with Crippen LogP contribution in [0.2, 0.25) is 10.0 Å². The lowest BCUT2D eigenvalue weighted by atomic mass is 10.1. The normalized spacial score (nSPS) is 11.4. The zero-order chi connectivity index (χ0) is 20.7. The molecule has 0 saturated carbocycles. The molecular weight excluding hydrogens is 401 g/mol. The standard InChI is InChI=1S/C21H21Cl2NO4/c1-21(2,20(26)27)28-16-7-3-14(4-8-16)11-12-24-19(25)10-6-15-5-9-17(22)18(23)13-15/h3-10,13H,11-12H2,1-2H3,(H,24,25)(H,26,27)/b10-6+. The van der Waals surface area contributed by atoms with E-state index in [4.69, 9.17) is 33.0 Å². The Labute approximate surface area is 173 Å². The Morgan fingerprint density at radius 3 is 2.39 bits per heavy atom. The second kappa shape index (κ2) is 9.62. The Balaban J connectivity index is 1.81. The third-order valence-electron chi connectivity index (χ3n) is 3.90. The van der Waals surface area contributed by atoms with Gasteiger partial charge in [-0.05, 0) is 61.7 Å². The maximum Gasteiger partial charge on any atom is 0.347 e. The molecule has 0 spiro atoms. The highest BCUT2D eigenvalue weighted by Crippen LogP contribution is 2.23. The number of rotatable bonds is 8. The number of carboxylic acid groups (broad SMARTS) is 1. The number of hydrogen-bond acceptors (Lipinski definition) is 3. The van der Waals surface area contributed by atoms with E-state index in [-0.39, 0.29) is 5.91 Å². The van der Waals surface area contributed by atoms with Gasteiger partial charge >= 0.3 is 5.97 Å². The molecule has 1 amide bonds. The fraction of sp³-hybridized carbons (Fsp3) is 0.238. The largest absolute Gasteiger partial charge is 0.478 e. The molecule has 5 nitrogen and oxygen atoms in total. The van der Waals surface area contributed by atoms with E-state index in [0.717, 1.165) is 11.1 Å². The summed E-state index contributed by atoms with van der Waals surface area (Å²) in [5, 5.41) is 12.8. The average molecular weight is 422 g/mol. The molecule has 2 N–H and O–H groups in total. The zero-order valence-electron chi connectivity index (χ0n) is 15.5. The first-order chi connectivity index (χ1) is 13.2. The van der Waals surface area contributed by atoms with E-state index in [0.29, 0.717) is 28.8 Å². The summed E-state index contributed by atoms with van der Waals surface area (Å²) >= 11 is 11.8. The van der Waals surface area contributed by atoms with E-state index < -0.39 is 11.6 Å². The van der Waals surface area contributed by atoms with Gasteiger partial charge in [-0.15, -0.1) is 0 Å². The van der Waals surface area contributed by atoms with Crippen LogP contribution in [0.15, 0.2) is 48.5 Å². The van der Waals surface area contributed by atoms with Crippen molar-refractivity contribution in [3.8, 4) is 5.75 Å². The second-order valence-electron chi connectivity index (χ2n) is 6.61. The summed E-state index contributed by atoms with van der Waals surface area (Å²) in [5.41, 5.74) is 0.481. The summed E-state index contributed by atoms with van der Waals surface area (Å²) in [5.74, 6) is -0.771. The summed E-state index contributed by atoms with van der Waals surface area (Å²) in [6, 6.07) is 12.2. The minimum absolute atomic E-state index is 0.214. The van der Waals surface area contributed by atoms with Crippen molar-refractivity contribution in [3.63, 3.8) is 0 Å². The van der Waals surface area contributed by atoms with E-state index in [1.165, 1.54) is 19.9 Å². The lowest BCUT2D eigenvalue weighted by molar-refractivity contribution is -0.152. The van der Waals surface area contributed by atoms with Gasteiger partial charge in [0.2, 0.25) is 5.91 Å². The van der Waals surface area contributed by atoms with Gasteiger partial charge in [-0.2, -0.15) is 0 Å². The topological polar surface area (TPSA) is 75.6 Å². The van der Waals surface area contributed by atoms with Crippen molar-refractivity contribution >= 4 is 41.2 Å². The van der Waals surface area contributed by atoms with E-state index >= 15 is 0 Å². The van der Waals surface area contributed by atoms with Crippen LogP contribution in [0.3, 0.4) is 0 Å². The molecule has 0 unspecified atom stereocenters. The molecular formula is C21H21Cl2NO4. The lowest BCUT2D eigenvalue weighted by Crippen LogP contribution is -2.37. The Bertz CT molecular complexity index is 876. The summed E-state index contributed by atoms with van der Waals surface area (Å²) in [4.78, 5) is 23.0. The number of carboxylic acids is 1. The molecule has 0 aliphatic rings. The monoisotopic (exact) mass is 421 g/mol. The smallest absolute Gasteiger partial charge is 0.347 e. The molecule has 0 saturated heterocycles. The number of amides is 1. The predicted octanol–water partition coefficient (Wildman–Crippen LogP) is 4.61. The van der Waals surface area contributed by atoms with Crippen molar-refractivity contribution in [2.24, 2.45) is 0 Å². The van der Waals surface area contributed by atoms with Gasteiger partial charge in [0.1, 0.15) is 5.75 Å². The quantitative estimate of drug-likeness (QED) is 0.610. The molecule has 2 rings (SSSR count). The van der Waals surface area contributed by atoms with Crippen LogP contribution in [0.5, 0.6) is 5.75 Å². The van der Waals surface area contributed by atoms with Crippen LogP contribution >= 0.6 is 23.2 Å². The van der Waals surface area contributed by atoms with Gasteiger partial charge < -0.3 is 15.2 Å². The van der Waals surface area contributed by atoms with E-state index in [1.807, 2.05) is 12.1 Å². The van der Waals surface area contributed by atoms with Crippen molar-refractivity contribution < 1.29 is 19.4 Å². The predicted molar refractivity (Wildman–Crippen MR) is 111 cm³/mol. The fourth-order valence-corrected chi connectivity index (χ4v) is 2.55. The third kappa shape index (κ3) is 6.59. The molecule has 0 heterocycles. The lowest BCUT2D eigenvalue weighted by Gasteiger charge is -2.21. The highest BCUT2D eigenvalue weighted by molar-refractivity contribution is 6.42. The first-order valence-corrected chi connectivity index (χ1v) is 9.35. The Morgan fingerprint density at radius 1 is 1.11 bits per heavy atom. The highest BCUT2D eigenvalue weighted by Gasteiger charge is 2.29. The maximum atomic E-state index is 11.9. The molecule has 148 valence electrons. The van der Waals surface area contributed by atoms with Gasteiger partial charge in [0.05, 0.1) is 10.0 Å². The van der Waals surface area contributed by atoms with Gasteiger partial charge in [0.15, 0.2) is 5.60 Å². The molecule has 2 aromatic carbocycles. The Kier molecular flexibility index (Phi) is 7.49. The first kappa shape index (κ1) is 21.8. The summed E-state index contributed by atoms with van der Waals surface area (Å²) in [6.45, 7) is 3.44. The minimum Gasteiger partial charge on any atom is -0.478 e. The molecule has 0 aliphatic carbocycles. The minimum atomic E-state index is -1.30. The van der Waals surface area contributed by atoms with Gasteiger partial charge in [0.25, 0.3) is 0 Å². The van der Waals surface area contributed by atoms with Crippen molar-refractivity contribution in [2.45, 2.75) is 25.9 Å². The average Bonchev–Trinajstić information content (AvgIpc) is 2.64. The maximum absolute atomic E-state index is 11.9. The molecule has 28 heavy (non-hydrogen) atoms. The molecule has 0 atom stereocenters. The number of hydrogen-bond donors (Lipinski definition) is 2. The zero-order valence-corrected chi connectivity index (χ0v) is 17.1. The molecule has 0 bridgehead atoms. The number of ether oxygens (including phenoxy) is 1. The Morgan fingerprint density at radius 2 is 1.79 bits per heavy atom. The van der Waals surface area contributed by atoms with Crippen LogP contribution < -0.4 is 10.1 Å². The number of aliphatic carboxylic acids is 1. The van der Waals surface area contributed by atoms with Crippen LogP contribution in [-0.4, -0.2) is 29.1 Å². The molecule has 0 aliphatic heterocycles. The number of carbonyl (C=O) groups excluding carboxylic acids is 1. The summed E-state index contributed by atoms with van der Waals surface area (Å²) in [7, 11) is 0.